The third kappa shape index (κ3) is 5.28. The molecule has 9 nitrogen and oxygen atoms in total. The van der Waals surface area contributed by atoms with Crippen LogP contribution >= 0.6 is 0 Å². The quantitative estimate of drug-likeness (QED) is 0.579. The van der Waals surface area contributed by atoms with Crippen LogP contribution < -0.4 is 10.2 Å². The summed E-state index contributed by atoms with van der Waals surface area (Å²) in [5.41, 5.74) is 3.28. The maximum atomic E-state index is 14.1. The molecular weight excluding hydrogens is 401 g/mol. The monoisotopic (exact) mass is 423 g/mol. The summed E-state index contributed by atoms with van der Waals surface area (Å²) in [5.74, 6) is 0.00535. The lowest BCUT2D eigenvalue weighted by atomic mass is 10.2. The van der Waals surface area contributed by atoms with E-state index in [2.05, 4.69) is 30.5 Å². The van der Waals surface area contributed by atoms with Crippen molar-refractivity contribution in [3.8, 4) is 5.75 Å². The molecule has 0 amide bonds. The molecule has 0 saturated carbocycles. The summed E-state index contributed by atoms with van der Waals surface area (Å²) in [7, 11) is 0. The maximum absolute atomic E-state index is 14.1. The first-order chi connectivity index (χ1) is 15.1. The van der Waals surface area contributed by atoms with Crippen LogP contribution in [0.25, 0.3) is 0 Å². The Balaban J connectivity index is 1.41. The van der Waals surface area contributed by atoms with Crippen molar-refractivity contribution in [2.24, 2.45) is 10.2 Å². The Morgan fingerprint density at radius 3 is 2.81 bits per heavy atom. The molecule has 1 aromatic carbocycles. The van der Waals surface area contributed by atoms with Gasteiger partial charge in [0.2, 0.25) is 0 Å². The number of nitrogens with one attached hydrogen (secondary N) is 1. The predicted octanol–water partition coefficient (Wildman–Crippen LogP) is 3.89. The lowest BCUT2D eigenvalue weighted by Gasteiger charge is -2.27. The van der Waals surface area contributed by atoms with Gasteiger partial charge in [0.05, 0.1) is 37.0 Å². The average Bonchev–Trinajstić information content (AvgIpc) is 2.77. The van der Waals surface area contributed by atoms with Gasteiger partial charge in [-0.25, -0.2) is 9.37 Å². The van der Waals surface area contributed by atoms with Crippen LogP contribution in [0.15, 0.2) is 53.0 Å². The van der Waals surface area contributed by atoms with Crippen molar-refractivity contribution < 1.29 is 14.2 Å². The van der Waals surface area contributed by atoms with E-state index in [4.69, 9.17) is 4.74 Å². The number of phenols is 1. The van der Waals surface area contributed by atoms with E-state index < -0.39 is 5.82 Å². The molecule has 31 heavy (non-hydrogen) atoms. The molecule has 3 aromatic rings. The van der Waals surface area contributed by atoms with Crippen LogP contribution in [-0.2, 0) is 11.3 Å². The first-order valence-electron chi connectivity index (χ1n) is 9.83. The van der Waals surface area contributed by atoms with Gasteiger partial charge in [-0.15, -0.1) is 5.11 Å². The first-order valence-corrected chi connectivity index (χ1v) is 9.83. The number of phenolic OH excluding ortho intramolecular Hbond substituents is 1. The molecule has 0 unspecified atom stereocenters. The largest absolute Gasteiger partial charge is 0.508 e. The molecule has 1 aliphatic heterocycles. The minimum Gasteiger partial charge on any atom is -0.508 e. The third-order valence-electron chi connectivity index (χ3n) is 4.71. The van der Waals surface area contributed by atoms with Gasteiger partial charge in [0, 0.05) is 24.8 Å². The van der Waals surface area contributed by atoms with Gasteiger partial charge < -0.3 is 20.1 Å². The molecule has 2 aromatic heterocycles. The van der Waals surface area contributed by atoms with Crippen LogP contribution in [-0.4, -0.2) is 46.4 Å². The van der Waals surface area contributed by atoms with E-state index in [1.165, 1.54) is 0 Å². The summed E-state index contributed by atoms with van der Waals surface area (Å²) in [6.45, 7) is 4.38. The van der Waals surface area contributed by atoms with Gasteiger partial charge >= 0.3 is 0 Å². The van der Waals surface area contributed by atoms with Crippen molar-refractivity contribution in [2.45, 2.75) is 13.5 Å². The molecule has 0 aliphatic carbocycles. The van der Waals surface area contributed by atoms with Gasteiger partial charge in [-0.2, -0.15) is 10.1 Å². The van der Waals surface area contributed by atoms with Crippen molar-refractivity contribution in [3.05, 3.63) is 59.8 Å². The van der Waals surface area contributed by atoms with Crippen LogP contribution in [0.4, 0.5) is 27.5 Å². The molecule has 160 valence electrons. The molecule has 0 atom stereocenters. The van der Waals surface area contributed by atoms with Crippen LogP contribution in [0.3, 0.4) is 0 Å². The fraction of sp³-hybridized carbons (Fsp3) is 0.286. The Hall–Kier alpha value is -3.66. The second-order valence-corrected chi connectivity index (χ2v) is 7.01. The zero-order valence-corrected chi connectivity index (χ0v) is 17.0. The highest BCUT2D eigenvalue weighted by molar-refractivity contribution is 5.63. The number of pyridine rings is 1. The number of nitrogens with zero attached hydrogens (tertiary/aromatic N) is 6. The molecule has 2 N–H and O–H groups in total. The number of azo groups is 1. The Morgan fingerprint density at radius 2 is 2.03 bits per heavy atom. The molecule has 4 rings (SSSR count). The standard InChI is InChI=1S/C21H22FN7O2/c1-14-9-16(23-13-19(14)26-15-3-2-4-17(30)10-15)11-25-28-21-24-12-18(22)20(27-21)29-5-7-31-8-6-29/h2-4,9-10,12-13,26,30H,5-8,11H2,1H3/b28-25+. The number of halogens is 1. The molecule has 1 fully saturated rings. The van der Waals surface area contributed by atoms with Gasteiger partial charge in [0.1, 0.15) is 12.3 Å². The minimum absolute atomic E-state index is 0.0989. The SMILES string of the molecule is Cc1cc(C/N=N/c2ncc(F)c(N3CCOCC3)n2)ncc1Nc1cccc(O)c1. The van der Waals surface area contributed by atoms with Crippen molar-refractivity contribution in [2.75, 3.05) is 36.5 Å². The topological polar surface area (TPSA) is 108 Å². The number of aromatic hydroxyl groups is 1. The number of morpholine rings is 1. The van der Waals surface area contributed by atoms with Crippen molar-refractivity contribution in [1.82, 2.24) is 15.0 Å². The normalized spacial score (nSPS) is 14.2. The Labute approximate surface area is 178 Å². The third-order valence-corrected chi connectivity index (χ3v) is 4.71. The number of ether oxygens (including phenoxy) is 1. The second kappa shape index (κ2) is 9.43. The molecule has 0 radical (unpaired) electrons. The van der Waals surface area contributed by atoms with E-state index >= 15 is 0 Å². The highest BCUT2D eigenvalue weighted by atomic mass is 19.1. The second-order valence-electron chi connectivity index (χ2n) is 7.01. The molecular formula is C21H22FN7O2. The Kier molecular flexibility index (Phi) is 6.27. The fourth-order valence-electron chi connectivity index (χ4n) is 3.14. The summed E-state index contributed by atoms with van der Waals surface area (Å²) in [5, 5.41) is 20.9. The van der Waals surface area contributed by atoms with E-state index in [1.807, 2.05) is 24.0 Å². The zero-order valence-electron chi connectivity index (χ0n) is 17.0. The van der Waals surface area contributed by atoms with Crippen LogP contribution in [0.2, 0.25) is 0 Å². The molecule has 0 spiro atoms. The number of hydrogen-bond acceptors (Lipinski definition) is 9. The molecule has 3 heterocycles. The van der Waals surface area contributed by atoms with Gasteiger partial charge in [0.15, 0.2) is 11.6 Å². The van der Waals surface area contributed by atoms with Crippen LogP contribution in [0.1, 0.15) is 11.3 Å². The van der Waals surface area contributed by atoms with Gasteiger partial charge in [-0.3, -0.25) is 4.98 Å². The molecule has 0 bridgehead atoms. The number of aromatic nitrogens is 3. The summed E-state index contributed by atoms with van der Waals surface area (Å²) in [6, 6.07) is 8.76. The fourth-order valence-corrected chi connectivity index (χ4v) is 3.14. The summed E-state index contributed by atoms with van der Waals surface area (Å²) >= 11 is 0. The number of rotatable bonds is 6. The van der Waals surface area contributed by atoms with E-state index in [-0.39, 0.29) is 24.1 Å². The molecule has 10 heteroatoms. The average molecular weight is 423 g/mol. The number of benzene rings is 1. The molecule has 1 aliphatic rings. The van der Waals surface area contributed by atoms with Crippen LogP contribution in [0, 0.1) is 12.7 Å². The van der Waals surface area contributed by atoms with Crippen molar-refractivity contribution in [3.63, 3.8) is 0 Å². The van der Waals surface area contributed by atoms with E-state index in [9.17, 15) is 9.50 Å². The van der Waals surface area contributed by atoms with E-state index in [0.29, 0.717) is 26.3 Å². The minimum atomic E-state index is -0.493. The van der Waals surface area contributed by atoms with Gasteiger partial charge in [-0.05, 0) is 30.7 Å². The first kappa shape index (κ1) is 20.6. The number of hydrogen-bond donors (Lipinski definition) is 2. The summed E-state index contributed by atoms with van der Waals surface area (Å²) in [4.78, 5) is 14.3. The predicted molar refractivity (Wildman–Crippen MR) is 114 cm³/mol. The van der Waals surface area contributed by atoms with Gasteiger partial charge in [0.25, 0.3) is 5.95 Å². The number of anilines is 3. The van der Waals surface area contributed by atoms with E-state index in [1.54, 1.807) is 24.4 Å². The Bertz CT molecular complexity index is 1090. The number of aryl methyl sites for hydroxylation is 1. The maximum Gasteiger partial charge on any atom is 0.270 e. The van der Waals surface area contributed by atoms with Gasteiger partial charge in [-0.1, -0.05) is 6.07 Å². The smallest absolute Gasteiger partial charge is 0.270 e. The highest BCUT2D eigenvalue weighted by Gasteiger charge is 2.17. The zero-order chi connectivity index (χ0) is 21.6. The van der Waals surface area contributed by atoms with Crippen LogP contribution in [0.5, 0.6) is 5.75 Å². The highest BCUT2D eigenvalue weighted by Crippen LogP contribution is 2.23. The lowest BCUT2D eigenvalue weighted by Crippen LogP contribution is -2.37. The van der Waals surface area contributed by atoms with Crippen molar-refractivity contribution in [1.29, 1.82) is 0 Å². The molecule has 1 saturated heterocycles. The lowest BCUT2D eigenvalue weighted by molar-refractivity contribution is 0.122. The Morgan fingerprint density at radius 1 is 1.19 bits per heavy atom. The van der Waals surface area contributed by atoms with Crippen molar-refractivity contribution >= 4 is 23.1 Å². The summed E-state index contributed by atoms with van der Waals surface area (Å²) < 4.78 is 19.4. The van der Waals surface area contributed by atoms with E-state index in [0.717, 1.165) is 28.8 Å². The summed E-state index contributed by atoms with van der Waals surface area (Å²) in [6.07, 6.45) is 2.81.